The van der Waals surface area contributed by atoms with Crippen molar-refractivity contribution in [3.8, 4) is 5.75 Å². The molecule has 7 heteroatoms. The highest BCUT2D eigenvalue weighted by atomic mass is 32.1. The zero-order valence-corrected chi connectivity index (χ0v) is 17.2. The minimum absolute atomic E-state index is 0.598. The van der Waals surface area contributed by atoms with E-state index in [1.54, 1.807) is 18.4 Å². The smallest absolute Gasteiger partial charge is 0.191 e. The van der Waals surface area contributed by atoms with E-state index in [9.17, 15) is 0 Å². The maximum Gasteiger partial charge on any atom is 0.191 e. The molecule has 0 saturated carbocycles. The molecule has 0 amide bonds. The molecule has 1 unspecified atom stereocenters. The van der Waals surface area contributed by atoms with E-state index in [0.29, 0.717) is 12.5 Å². The summed E-state index contributed by atoms with van der Waals surface area (Å²) in [6, 6.07) is 8.29. The average Bonchev–Trinajstić information content (AvgIpc) is 3.37. The third kappa shape index (κ3) is 5.35. The van der Waals surface area contributed by atoms with Gasteiger partial charge in [0.25, 0.3) is 0 Å². The first-order valence-electron chi connectivity index (χ1n) is 9.49. The van der Waals surface area contributed by atoms with Crippen LogP contribution < -0.4 is 20.3 Å². The molecule has 1 aliphatic heterocycles. The Morgan fingerprint density at radius 3 is 3.04 bits per heavy atom. The van der Waals surface area contributed by atoms with Crippen molar-refractivity contribution in [2.75, 3.05) is 38.7 Å². The van der Waals surface area contributed by atoms with E-state index in [0.717, 1.165) is 42.8 Å². The Balaban J connectivity index is 1.45. The second-order valence-electron chi connectivity index (χ2n) is 6.68. The van der Waals surface area contributed by atoms with E-state index < -0.39 is 0 Å². The number of ether oxygens (including phenoxy) is 1. The molecule has 2 N–H and O–H groups in total. The Morgan fingerprint density at radius 2 is 2.30 bits per heavy atom. The molecule has 2 heterocycles. The number of rotatable bonds is 7. The van der Waals surface area contributed by atoms with E-state index in [2.05, 4.69) is 44.6 Å². The maximum atomic E-state index is 5.34. The van der Waals surface area contributed by atoms with Crippen LogP contribution in [0.1, 0.15) is 23.2 Å². The molecule has 146 valence electrons. The quantitative estimate of drug-likeness (QED) is 0.565. The average molecular weight is 388 g/mol. The monoisotopic (exact) mass is 387 g/mol. The fourth-order valence-corrected chi connectivity index (χ4v) is 4.06. The van der Waals surface area contributed by atoms with Crippen molar-refractivity contribution in [1.82, 2.24) is 15.6 Å². The summed E-state index contributed by atoms with van der Waals surface area (Å²) in [5, 5.41) is 7.92. The molecule has 1 aromatic heterocycles. The minimum Gasteiger partial charge on any atom is -0.497 e. The molecule has 2 aromatic rings. The number of nitrogens with zero attached hydrogens (tertiary/aromatic N) is 3. The van der Waals surface area contributed by atoms with Crippen LogP contribution in [0.5, 0.6) is 5.75 Å². The van der Waals surface area contributed by atoms with Crippen molar-refractivity contribution in [1.29, 1.82) is 0 Å². The summed E-state index contributed by atoms with van der Waals surface area (Å²) in [7, 11) is 3.52. The standard InChI is InChI=1S/C20H29N5OS/c1-4-18-12-22-19(27-18)13-24-20(21-2)23-11-15-8-9-25(14-15)16-6-5-7-17(10-16)26-3/h5-7,10,12,15H,4,8-9,11,13-14H2,1-3H3,(H2,21,23,24). The van der Waals surface area contributed by atoms with Crippen molar-refractivity contribution >= 4 is 23.0 Å². The van der Waals surface area contributed by atoms with Crippen LogP contribution in [-0.2, 0) is 13.0 Å². The highest BCUT2D eigenvalue weighted by molar-refractivity contribution is 7.11. The largest absolute Gasteiger partial charge is 0.497 e. The zero-order chi connectivity index (χ0) is 19.1. The predicted octanol–water partition coefficient (Wildman–Crippen LogP) is 2.91. The number of methoxy groups -OCH3 is 1. The highest BCUT2D eigenvalue weighted by Crippen LogP contribution is 2.26. The van der Waals surface area contributed by atoms with E-state index in [-0.39, 0.29) is 0 Å². The summed E-state index contributed by atoms with van der Waals surface area (Å²) < 4.78 is 5.34. The van der Waals surface area contributed by atoms with Crippen LogP contribution in [0, 0.1) is 5.92 Å². The number of benzene rings is 1. The lowest BCUT2D eigenvalue weighted by atomic mass is 10.1. The molecule has 0 spiro atoms. The van der Waals surface area contributed by atoms with Crippen molar-refractivity contribution in [3.05, 3.63) is 40.3 Å². The lowest BCUT2D eigenvalue weighted by Crippen LogP contribution is -2.39. The van der Waals surface area contributed by atoms with Crippen LogP contribution in [0.25, 0.3) is 0 Å². The van der Waals surface area contributed by atoms with E-state index in [4.69, 9.17) is 4.74 Å². The van der Waals surface area contributed by atoms with Crippen molar-refractivity contribution in [2.45, 2.75) is 26.3 Å². The van der Waals surface area contributed by atoms with E-state index >= 15 is 0 Å². The molecule has 1 aromatic carbocycles. The Morgan fingerprint density at radius 1 is 1.41 bits per heavy atom. The van der Waals surface area contributed by atoms with Gasteiger partial charge in [-0.1, -0.05) is 13.0 Å². The number of hydrogen-bond acceptors (Lipinski definition) is 5. The highest BCUT2D eigenvalue weighted by Gasteiger charge is 2.23. The van der Waals surface area contributed by atoms with Gasteiger partial charge in [0.1, 0.15) is 10.8 Å². The number of nitrogens with one attached hydrogen (secondary N) is 2. The number of guanidine groups is 1. The lowest BCUT2D eigenvalue weighted by Gasteiger charge is -2.20. The molecular weight excluding hydrogens is 358 g/mol. The molecule has 27 heavy (non-hydrogen) atoms. The normalized spacial score (nSPS) is 17.2. The van der Waals surface area contributed by atoms with Crippen molar-refractivity contribution in [3.63, 3.8) is 0 Å². The Kier molecular flexibility index (Phi) is 6.92. The third-order valence-electron chi connectivity index (χ3n) is 4.84. The summed E-state index contributed by atoms with van der Waals surface area (Å²) in [4.78, 5) is 12.5. The lowest BCUT2D eigenvalue weighted by molar-refractivity contribution is 0.415. The number of aromatic nitrogens is 1. The van der Waals surface area contributed by atoms with Crippen LogP contribution in [0.3, 0.4) is 0 Å². The summed E-state index contributed by atoms with van der Waals surface area (Å²) in [6.07, 6.45) is 4.17. The van der Waals surface area contributed by atoms with Crippen LogP contribution in [0.15, 0.2) is 35.5 Å². The molecule has 1 saturated heterocycles. The van der Waals surface area contributed by atoms with Gasteiger partial charge in [0.2, 0.25) is 0 Å². The second kappa shape index (κ2) is 9.60. The van der Waals surface area contributed by atoms with Crippen LogP contribution in [-0.4, -0.2) is 44.7 Å². The van der Waals surface area contributed by atoms with Gasteiger partial charge < -0.3 is 20.3 Å². The topological polar surface area (TPSA) is 61.8 Å². The Hall–Kier alpha value is -2.28. The fourth-order valence-electron chi connectivity index (χ4n) is 3.26. The molecule has 0 aliphatic carbocycles. The second-order valence-corrected chi connectivity index (χ2v) is 7.88. The van der Waals surface area contributed by atoms with Gasteiger partial charge in [0, 0.05) is 49.5 Å². The number of aryl methyl sites for hydroxylation is 1. The van der Waals surface area contributed by atoms with Crippen LogP contribution in [0.2, 0.25) is 0 Å². The maximum absolute atomic E-state index is 5.34. The molecule has 1 atom stereocenters. The van der Waals surface area contributed by atoms with Crippen LogP contribution >= 0.6 is 11.3 Å². The molecule has 0 radical (unpaired) electrons. The summed E-state index contributed by atoms with van der Waals surface area (Å²) in [5.41, 5.74) is 1.23. The van der Waals surface area contributed by atoms with E-state index in [1.807, 2.05) is 25.4 Å². The van der Waals surface area contributed by atoms with E-state index in [1.165, 1.54) is 17.0 Å². The third-order valence-corrected chi connectivity index (χ3v) is 5.98. The molecule has 0 bridgehead atoms. The van der Waals surface area contributed by atoms with Gasteiger partial charge in [0.15, 0.2) is 5.96 Å². The first-order valence-corrected chi connectivity index (χ1v) is 10.3. The van der Waals surface area contributed by atoms with Gasteiger partial charge >= 0.3 is 0 Å². The minimum atomic E-state index is 0.598. The zero-order valence-electron chi connectivity index (χ0n) is 16.4. The van der Waals surface area contributed by atoms with Gasteiger partial charge in [-0.3, -0.25) is 4.99 Å². The predicted molar refractivity (Wildman–Crippen MR) is 113 cm³/mol. The van der Waals surface area contributed by atoms with Gasteiger partial charge in [-0.05, 0) is 30.9 Å². The fraction of sp³-hybridized carbons (Fsp3) is 0.500. The number of thiazole rings is 1. The molecule has 3 rings (SSSR count). The summed E-state index contributed by atoms with van der Waals surface area (Å²) in [6.45, 7) is 5.90. The number of anilines is 1. The number of hydrogen-bond donors (Lipinski definition) is 2. The molecule has 1 aliphatic rings. The number of aliphatic imine (C=N–C) groups is 1. The molecular formula is C20H29N5OS. The summed E-state index contributed by atoms with van der Waals surface area (Å²) >= 11 is 1.76. The van der Waals surface area contributed by atoms with Gasteiger partial charge in [-0.15, -0.1) is 11.3 Å². The van der Waals surface area contributed by atoms with Gasteiger partial charge in [-0.25, -0.2) is 4.98 Å². The van der Waals surface area contributed by atoms with Crippen molar-refractivity contribution < 1.29 is 4.74 Å². The summed E-state index contributed by atoms with van der Waals surface area (Å²) in [5.74, 6) is 2.34. The Bertz CT molecular complexity index is 760. The van der Waals surface area contributed by atoms with Gasteiger partial charge in [0.05, 0.1) is 13.7 Å². The Labute approximate surface area is 165 Å². The molecule has 6 nitrogen and oxygen atoms in total. The van der Waals surface area contributed by atoms with Gasteiger partial charge in [-0.2, -0.15) is 0 Å². The first-order chi connectivity index (χ1) is 13.2. The van der Waals surface area contributed by atoms with Crippen LogP contribution in [0.4, 0.5) is 5.69 Å². The van der Waals surface area contributed by atoms with Crippen molar-refractivity contribution in [2.24, 2.45) is 10.9 Å². The first kappa shape index (κ1) is 19.5. The molecule has 1 fully saturated rings. The SMILES string of the molecule is CCc1cnc(CNC(=NC)NCC2CCN(c3cccc(OC)c3)C2)s1.